The summed E-state index contributed by atoms with van der Waals surface area (Å²) in [7, 11) is 0. The van der Waals surface area contributed by atoms with Crippen LogP contribution in [0.2, 0.25) is 0 Å². The predicted molar refractivity (Wildman–Crippen MR) is 66.1 cm³/mol. The summed E-state index contributed by atoms with van der Waals surface area (Å²) >= 11 is 5.74. The van der Waals surface area contributed by atoms with Crippen LogP contribution >= 0.6 is 11.6 Å². The molecule has 0 heterocycles. The molecule has 4 heteroatoms. The molecule has 2 bridgehead atoms. The number of alkyl halides is 1. The molecular formula is C13H19ClO3. The van der Waals surface area contributed by atoms with Crippen LogP contribution in [-0.2, 0) is 9.53 Å². The van der Waals surface area contributed by atoms with Gasteiger partial charge in [-0.05, 0) is 12.8 Å². The van der Waals surface area contributed by atoms with E-state index in [0.29, 0.717) is 13.0 Å². The molecule has 3 aliphatic rings. The van der Waals surface area contributed by atoms with E-state index in [-0.39, 0.29) is 29.6 Å². The van der Waals surface area contributed by atoms with Crippen LogP contribution in [0.15, 0.2) is 12.2 Å². The molecule has 3 nitrogen and oxygen atoms in total. The Hall–Kier alpha value is -0.380. The highest BCUT2D eigenvalue weighted by molar-refractivity contribution is 6.21. The molecule has 0 radical (unpaired) electrons. The average molecular weight is 259 g/mol. The lowest BCUT2D eigenvalue weighted by atomic mass is 9.64. The molecule has 0 spiro atoms. The Labute approximate surface area is 107 Å². The van der Waals surface area contributed by atoms with Crippen LogP contribution in [0.5, 0.6) is 0 Å². The van der Waals surface area contributed by atoms with Crippen molar-refractivity contribution in [3.63, 3.8) is 0 Å². The minimum atomic E-state index is -1.37. The highest BCUT2D eigenvalue weighted by Gasteiger charge is 2.54. The second-order valence-corrected chi connectivity index (χ2v) is 5.21. The zero-order chi connectivity index (χ0) is 12.5. The topological polar surface area (TPSA) is 46.5 Å². The van der Waals surface area contributed by atoms with Crippen LogP contribution in [0.1, 0.15) is 26.2 Å². The predicted octanol–water partition coefficient (Wildman–Crippen LogP) is 1.92. The maximum atomic E-state index is 12.1. The molecule has 1 fully saturated rings. The van der Waals surface area contributed by atoms with Gasteiger partial charge in [-0.15, -0.1) is 11.6 Å². The van der Waals surface area contributed by atoms with Crippen LogP contribution in [0, 0.1) is 11.8 Å². The number of ketones is 1. The first-order chi connectivity index (χ1) is 8.13. The van der Waals surface area contributed by atoms with Crippen molar-refractivity contribution in [3.8, 4) is 0 Å². The van der Waals surface area contributed by atoms with E-state index >= 15 is 0 Å². The zero-order valence-corrected chi connectivity index (χ0v) is 10.8. The first-order valence-corrected chi connectivity index (χ1v) is 6.79. The Balaban J connectivity index is 2.05. The minimum absolute atomic E-state index is 0.0287. The second kappa shape index (κ2) is 5.09. The molecule has 1 N–H and O–H groups in total. The molecule has 0 aromatic carbocycles. The zero-order valence-electron chi connectivity index (χ0n) is 10.1. The van der Waals surface area contributed by atoms with Crippen molar-refractivity contribution in [3.05, 3.63) is 12.2 Å². The lowest BCUT2D eigenvalue weighted by molar-refractivity contribution is -0.159. The van der Waals surface area contributed by atoms with E-state index in [4.69, 9.17) is 16.3 Å². The number of Topliss-reactive ketones (excluding diaryl/α,β-unsaturated/α-hetero) is 1. The van der Waals surface area contributed by atoms with Gasteiger partial charge in [0.2, 0.25) is 0 Å². The number of ether oxygens (including phenoxy) is 1. The Morgan fingerprint density at radius 2 is 2.35 bits per heavy atom. The van der Waals surface area contributed by atoms with Crippen molar-refractivity contribution in [1.82, 2.24) is 0 Å². The summed E-state index contributed by atoms with van der Waals surface area (Å²) in [5.74, 6) is -0.712. The number of rotatable bonds is 5. The van der Waals surface area contributed by atoms with Crippen molar-refractivity contribution in [2.75, 3.05) is 12.5 Å². The van der Waals surface area contributed by atoms with Gasteiger partial charge in [-0.3, -0.25) is 4.79 Å². The summed E-state index contributed by atoms with van der Waals surface area (Å²) in [4.78, 5) is 12.1. The summed E-state index contributed by atoms with van der Waals surface area (Å²) < 4.78 is 5.74. The second-order valence-electron chi connectivity index (χ2n) is 4.94. The largest absolute Gasteiger partial charge is 0.380 e. The van der Waals surface area contributed by atoms with E-state index in [9.17, 15) is 9.90 Å². The van der Waals surface area contributed by atoms with Gasteiger partial charge in [-0.2, -0.15) is 0 Å². The van der Waals surface area contributed by atoms with Crippen LogP contribution in [-0.4, -0.2) is 35.1 Å². The third-order valence-electron chi connectivity index (χ3n) is 3.81. The highest BCUT2D eigenvalue weighted by Crippen LogP contribution is 2.42. The first-order valence-electron chi connectivity index (χ1n) is 6.26. The van der Waals surface area contributed by atoms with Crippen molar-refractivity contribution >= 4 is 17.4 Å². The van der Waals surface area contributed by atoms with Crippen LogP contribution < -0.4 is 0 Å². The van der Waals surface area contributed by atoms with Gasteiger partial charge in [-0.1, -0.05) is 25.5 Å². The maximum absolute atomic E-state index is 12.1. The summed E-state index contributed by atoms with van der Waals surface area (Å²) in [6.07, 6.45) is 6.48. The average Bonchev–Trinajstić information content (AvgIpc) is 2.36. The highest BCUT2D eigenvalue weighted by atomic mass is 35.5. The summed E-state index contributed by atoms with van der Waals surface area (Å²) in [5.41, 5.74) is -1.37. The van der Waals surface area contributed by atoms with Gasteiger partial charge in [0.15, 0.2) is 5.78 Å². The number of hydrogen-bond acceptors (Lipinski definition) is 3. The van der Waals surface area contributed by atoms with E-state index in [2.05, 4.69) is 6.92 Å². The van der Waals surface area contributed by atoms with E-state index in [0.717, 1.165) is 12.8 Å². The van der Waals surface area contributed by atoms with Crippen molar-refractivity contribution in [2.24, 2.45) is 11.8 Å². The third kappa shape index (κ3) is 2.16. The fraction of sp³-hybridized carbons (Fsp3) is 0.769. The molecule has 96 valence electrons. The van der Waals surface area contributed by atoms with Gasteiger partial charge in [0.25, 0.3) is 0 Å². The van der Waals surface area contributed by atoms with Gasteiger partial charge in [-0.25, -0.2) is 0 Å². The van der Waals surface area contributed by atoms with Crippen LogP contribution in [0.3, 0.4) is 0 Å². The van der Waals surface area contributed by atoms with Crippen LogP contribution in [0.4, 0.5) is 0 Å². The standard InChI is InChI=1S/C13H19ClO3/c1-2-3-6-17-11-7-9-4-5-10(11)12(15)13(9,16)8-14/h4-5,9-11,16H,2-3,6-8H2,1H3/t9-,10+,11+,13+/m1/s1. The number of halogens is 1. The number of fused-ring (bicyclic) bond motifs is 2. The minimum Gasteiger partial charge on any atom is -0.380 e. The molecule has 0 aliphatic heterocycles. The molecule has 0 aromatic rings. The van der Waals surface area contributed by atoms with Gasteiger partial charge < -0.3 is 9.84 Å². The van der Waals surface area contributed by atoms with E-state index in [1.807, 2.05) is 12.2 Å². The lowest BCUT2D eigenvalue weighted by Gasteiger charge is -2.46. The fourth-order valence-electron chi connectivity index (χ4n) is 2.65. The Morgan fingerprint density at radius 3 is 2.94 bits per heavy atom. The molecule has 3 aliphatic carbocycles. The monoisotopic (exact) mass is 258 g/mol. The third-order valence-corrected chi connectivity index (χ3v) is 4.22. The number of aliphatic hydroxyl groups is 1. The fourth-order valence-corrected chi connectivity index (χ4v) is 2.98. The van der Waals surface area contributed by atoms with Gasteiger partial charge in [0.05, 0.1) is 17.9 Å². The van der Waals surface area contributed by atoms with Crippen molar-refractivity contribution < 1.29 is 14.6 Å². The smallest absolute Gasteiger partial charge is 0.175 e. The van der Waals surface area contributed by atoms with Gasteiger partial charge >= 0.3 is 0 Å². The van der Waals surface area contributed by atoms with Crippen LogP contribution in [0.25, 0.3) is 0 Å². The number of unbranched alkanes of at least 4 members (excludes halogenated alkanes) is 1. The SMILES string of the molecule is CCCCO[C@H]1C[C@H]2C=C[C@@H]1C(=O)[C@]2(O)CCl. The molecule has 17 heavy (non-hydrogen) atoms. The summed E-state index contributed by atoms with van der Waals surface area (Å²) in [6, 6.07) is 0. The van der Waals surface area contributed by atoms with Gasteiger partial charge in [0.1, 0.15) is 5.60 Å². The van der Waals surface area contributed by atoms with E-state index in [1.54, 1.807) is 0 Å². The van der Waals surface area contributed by atoms with Gasteiger partial charge in [0, 0.05) is 12.5 Å². The maximum Gasteiger partial charge on any atom is 0.175 e. The number of hydrogen-bond donors (Lipinski definition) is 1. The lowest BCUT2D eigenvalue weighted by Crippen LogP contribution is -2.59. The molecule has 0 saturated heterocycles. The van der Waals surface area contributed by atoms with Crippen molar-refractivity contribution in [2.45, 2.75) is 37.9 Å². The first kappa shape index (κ1) is 13.1. The van der Waals surface area contributed by atoms with E-state index in [1.165, 1.54) is 0 Å². The molecule has 1 saturated carbocycles. The number of carbonyl (C=O) groups is 1. The summed E-state index contributed by atoms with van der Waals surface area (Å²) in [5, 5.41) is 10.2. The molecular weight excluding hydrogens is 240 g/mol. The Kier molecular flexibility index (Phi) is 3.91. The van der Waals surface area contributed by atoms with E-state index < -0.39 is 5.60 Å². The molecule has 0 aromatic heterocycles. The number of carbonyl (C=O) groups excluding carboxylic acids is 1. The molecule has 0 unspecified atom stereocenters. The Morgan fingerprint density at radius 1 is 1.59 bits per heavy atom. The molecule has 4 atom stereocenters. The molecule has 0 amide bonds. The Bertz CT molecular complexity index is 329. The molecule has 3 rings (SSSR count). The normalized spacial score (nSPS) is 39.9. The quantitative estimate of drug-likeness (QED) is 0.466. The summed E-state index contributed by atoms with van der Waals surface area (Å²) in [6.45, 7) is 2.79. The van der Waals surface area contributed by atoms with Crippen molar-refractivity contribution in [1.29, 1.82) is 0 Å².